The van der Waals surface area contributed by atoms with Crippen LogP contribution < -0.4 is 0 Å². The van der Waals surface area contributed by atoms with Gasteiger partial charge in [0.15, 0.2) is 0 Å². The topological polar surface area (TPSA) is 55.8 Å². The second-order valence-corrected chi connectivity index (χ2v) is 9.36. The summed E-state index contributed by atoms with van der Waals surface area (Å²) in [5.74, 6) is -0.127. The Morgan fingerprint density at radius 2 is 1.96 bits per heavy atom. The van der Waals surface area contributed by atoms with E-state index in [1.165, 1.54) is 5.57 Å². The van der Waals surface area contributed by atoms with Crippen molar-refractivity contribution in [2.45, 2.75) is 83.8 Å². The van der Waals surface area contributed by atoms with Crippen molar-refractivity contribution in [2.75, 3.05) is 0 Å². The molecule has 0 radical (unpaired) electrons. The minimum absolute atomic E-state index is 0.140. The molecule has 5 aliphatic rings. The first kappa shape index (κ1) is 16.6. The monoisotopic (exact) mass is 334 g/mol. The van der Waals surface area contributed by atoms with Gasteiger partial charge >= 0.3 is 5.97 Å². The van der Waals surface area contributed by atoms with Crippen molar-refractivity contribution in [1.82, 2.24) is 0 Å². The van der Waals surface area contributed by atoms with Gasteiger partial charge in [-0.1, -0.05) is 27.2 Å². The predicted molar refractivity (Wildman–Crippen MR) is 90.2 cm³/mol. The zero-order chi connectivity index (χ0) is 17.4. The van der Waals surface area contributed by atoms with E-state index in [1.807, 2.05) is 6.92 Å². The predicted octanol–water partition coefficient (Wildman–Crippen LogP) is 4.49. The Hall–Kier alpha value is -0.870. The maximum Gasteiger partial charge on any atom is 0.309 e. The van der Waals surface area contributed by atoms with Gasteiger partial charge in [-0.15, -0.1) is 0 Å². The fourth-order valence-corrected chi connectivity index (χ4v) is 6.45. The van der Waals surface area contributed by atoms with Crippen LogP contribution in [0.5, 0.6) is 0 Å². The number of rotatable bonds is 2. The Morgan fingerprint density at radius 1 is 1.21 bits per heavy atom. The summed E-state index contributed by atoms with van der Waals surface area (Å²) in [6, 6.07) is 0. The number of aliphatic carboxylic acids is 1. The van der Waals surface area contributed by atoms with E-state index in [0.717, 1.165) is 44.9 Å². The number of carboxylic acids is 1. The van der Waals surface area contributed by atoms with Crippen molar-refractivity contribution in [2.24, 2.45) is 22.7 Å². The molecule has 1 N–H and O–H groups in total. The minimum atomic E-state index is -0.652. The molecule has 0 aromatic carbocycles. The van der Waals surface area contributed by atoms with Gasteiger partial charge in [-0.3, -0.25) is 4.79 Å². The maximum absolute atomic E-state index is 12.1. The van der Waals surface area contributed by atoms with Crippen molar-refractivity contribution >= 4 is 5.97 Å². The molecule has 2 saturated carbocycles. The highest BCUT2D eigenvalue weighted by atomic mass is 17.2. The van der Waals surface area contributed by atoms with Crippen LogP contribution in [0.15, 0.2) is 11.6 Å². The molecule has 4 heteroatoms. The maximum atomic E-state index is 12.1. The first-order valence-corrected chi connectivity index (χ1v) is 9.53. The average molecular weight is 334 g/mol. The fourth-order valence-electron chi connectivity index (χ4n) is 6.45. The van der Waals surface area contributed by atoms with Crippen LogP contribution in [0.3, 0.4) is 0 Å². The van der Waals surface area contributed by atoms with E-state index < -0.39 is 17.0 Å². The van der Waals surface area contributed by atoms with E-state index in [0.29, 0.717) is 5.92 Å². The van der Waals surface area contributed by atoms with Gasteiger partial charge < -0.3 is 5.11 Å². The number of fused-ring (bicyclic) bond motifs is 3. The van der Waals surface area contributed by atoms with Crippen LogP contribution in [0.2, 0.25) is 0 Å². The molecular formula is C20H30O4. The molecule has 0 aromatic heterocycles. The van der Waals surface area contributed by atoms with Gasteiger partial charge in [0.25, 0.3) is 0 Å². The summed E-state index contributed by atoms with van der Waals surface area (Å²) in [4.78, 5) is 24.3. The van der Waals surface area contributed by atoms with Crippen LogP contribution >= 0.6 is 0 Å². The molecule has 2 aliphatic heterocycles. The summed E-state index contributed by atoms with van der Waals surface area (Å²) in [7, 11) is 0. The van der Waals surface area contributed by atoms with E-state index in [9.17, 15) is 9.90 Å². The van der Waals surface area contributed by atoms with Crippen molar-refractivity contribution in [1.29, 1.82) is 0 Å². The van der Waals surface area contributed by atoms with Gasteiger partial charge in [0.05, 0.1) is 5.41 Å². The van der Waals surface area contributed by atoms with Crippen LogP contribution in [0.1, 0.15) is 72.6 Å². The second kappa shape index (κ2) is 4.85. The standard InChI is InChI=1S/C20H30O4/c1-13(2)19-10-11-20(24-23-19)14(12-19)6-7-15-17(3,16(21)22)8-5-9-18(15,20)4/h12-13,15H,5-11H2,1-4H3,(H,21,22)/t15-,17+,18-,19+,20-/m0/s1. The number of carbonyl (C=O) groups is 1. The SMILES string of the molecule is CC(C)[C@]12C=C3CC[C@H]4[C@](C)(C(=O)O)CCC[C@]4(C)[C@@]3(CC1)OO2. The first-order valence-electron chi connectivity index (χ1n) is 9.53. The van der Waals surface area contributed by atoms with E-state index in [4.69, 9.17) is 9.78 Å². The van der Waals surface area contributed by atoms with Gasteiger partial charge in [0.1, 0.15) is 11.2 Å². The third-order valence-corrected chi connectivity index (χ3v) is 8.17. The van der Waals surface area contributed by atoms with Gasteiger partial charge in [0.2, 0.25) is 0 Å². The summed E-state index contributed by atoms with van der Waals surface area (Å²) in [5.41, 5.74) is -0.136. The Kier molecular flexibility index (Phi) is 3.35. The average Bonchev–Trinajstić information content (AvgIpc) is 2.55. The molecule has 134 valence electrons. The Morgan fingerprint density at radius 3 is 2.54 bits per heavy atom. The summed E-state index contributed by atoms with van der Waals surface area (Å²) in [6.45, 7) is 8.60. The summed E-state index contributed by atoms with van der Waals surface area (Å²) in [5, 5.41) is 9.94. The lowest BCUT2D eigenvalue weighted by atomic mass is 9.43. The number of carboxylic acid groups (broad SMARTS) is 1. The van der Waals surface area contributed by atoms with E-state index in [-0.39, 0.29) is 16.9 Å². The minimum Gasteiger partial charge on any atom is -0.481 e. The highest BCUT2D eigenvalue weighted by Gasteiger charge is 2.69. The van der Waals surface area contributed by atoms with Crippen molar-refractivity contribution < 1.29 is 19.7 Å². The number of hydrogen-bond acceptors (Lipinski definition) is 3. The van der Waals surface area contributed by atoms with Gasteiger partial charge in [-0.2, -0.15) is 0 Å². The van der Waals surface area contributed by atoms with Gasteiger partial charge in [-0.05, 0) is 68.9 Å². The molecular weight excluding hydrogens is 304 g/mol. The van der Waals surface area contributed by atoms with Gasteiger partial charge in [-0.25, -0.2) is 9.78 Å². The zero-order valence-corrected chi connectivity index (χ0v) is 15.4. The third kappa shape index (κ3) is 1.74. The van der Waals surface area contributed by atoms with Gasteiger partial charge in [0, 0.05) is 5.41 Å². The summed E-state index contributed by atoms with van der Waals surface area (Å²) >= 11 is 0. The highest BCUT2D eigenvalue weighted by Crippen LogP contribution is 2.68. The fraction of sp³-hybridized carbons (Fsp3) is 0.850. The zero-order valence-electron chi connectivity index (χ0n) is 15.4. The van der Waals surface area contributed by atoms with Crippen LogP contribution in [0.25, 0.3) is 0 Å². The molecule has 0 amide bonds. The van der Waals surface area contributed by atoms with Crippen molar-refractivity contribution in [3.05, 3.63) is 11.6 Å². The quantitative estimate of drug-likeness (QED) is 0.597. The van der Waals surface area contributed by atoms with Crippen molar-refractivity contribution in [3.63, 3.8) is 0 Å². The largest absolute Gasteiger partial charge is 0.481 e. The molecule has 4 nitrogen and oxygen atoms in total. The molecule has 3 fully saturated rings. The lowest BCUT2D eigenvalue weighted by Gasteiger charge is -2.66. The van der Waals surface area contributed by atoms with Crippen LogP contribution in [0.4, 0.5) is 0 Å². The lowest BCUT2D eigenvalue weighted by Crippen LogP contribution is -2.68. The Bertz CT molecular complexity index is 599. The van der Waals surface area contributed by atoms with Crippen molar-refractivity contribution in [3.8, 4) is 0 Å². The normalized spacial score (nSPS) is 50.2. The Balaban J connectivity index is 1.81. The second-order valence-electron chi connectivity index (χ2n) is 9.36. The third-order valence-electron chi connectivity index (χ3n) is 8.17. The lowest BCUT2D eigenvalue weighted by molar-refractivity contribution is -0.465. The first-order chi connectivity index (χ1) is 11.2. The molecule has 3 aliphatic carbocycles. The molecule has 2 bridgehead atoms. The molecule has 0 aromatic rings. The molecule has 2 heterocycles. The van der Waals surface area contributed by atoms with Crippen LogP contribution in [-0.4, -0.2) is 22.3 Å². The van der Waals surface area contributed by atoms with E-state index in [2.05, 4.69) is 26.8 Å². The van der Waals surface area contributed by atoms with Crippen LogP contribution in [-0.2, 0) is 14.6 Å². The molecule has 24 heavy (non-hydrogen) atoms. The molecule has 5 rings (SSSR count). The molecule has 1 saturated heterocycles. The van der Waals surface area contributed by atoms with Crippen LogP contribution in [0, 0.1) is 22.7 Å². The molecule has 1 spiro atoms. The summed E-state index contributed by atoms with van der Waals surface area (Å²) in [6.07, 6.45) is 8.91. The smallest absolute Gasteiger partial charge is 0.309 e. The Labute approximate surface area is 144 Å². The molecule has 0 unspecified atom stereocenters. The molecule has 5 atom stereocenters. The van der Waals surface area contributed by atoms with E-state index >= 15 is 0 Å². The highest BCUT2D eigenvalue weighted by molar-refractivity contribution is 5.75. The van der Waals surface area contributed by atoms with E-state index in [1.54, 1.807) is 0 Å². The number of hydrogen-bond donors (Lipinski definition) is 1. The summed E-state index contributed by atoms with van der Waals surface area (Å²) < 4.78 is 0.